The Kier molecular flexibility index (Phi) is 4.13. The number of aryl methyl sites for hydroxylation is 1. The first-order valence-corrected chi connectivity index (χ1v) is 8.65. The van der Waals surface area contributed by atoms with E-state index in [0.29, 0.717) is 6.01 Å². The first kappa shape index (κ1) is 16.0. The maximum atomic E-state index is 12.6. The van der Waals surface area contributed by atoms with Crippen molar-refractivity contribution in [3.05, 3.63) is 53.3 Å². The van der Waals surface area contributed by atoms with Crippen LogP contribution in [0.2, 0.25) is 0 Å². The molecule has 0 bridgehead atoms. The van der Waals surface area contributed by atoms with Crippen molar-refractivity contribution in [2.24, 2.45) is 0 Å². The van der Waals surface area contributed by atoms with E-state index in [4.69, 9.17) is 4.74 Å². The molecule has 4 rings (SSSR count). The van der Waals surface area contributed by atoms with E-state index >= 15 is 0 Å². The summed E-state index contributed by atoms with van der Waals surface area (Å²) in [5.41, 5.74) is 2.89. The molecule has 2 aromatic rings. The molecule has 1 saturated heterocycles. The number of hydrogen-bond donors (Lipinski definition) is 1. The second-order valence-electron chi connectivity index (χ2n) is 6.93. The summed E-state index contributed by atoms with van der Waals surface area (Å²) in [5.74, 6) is 0.0581. The van der Waals surface area contributed by atoms with Crippen molar-refractivity contribution in [1.82, 2.24) is 20.2 Å². The molecule has 130 valence electrons. The van der Waals surface area contributed by atoms with E-state index in [9.17, 15) is 4.79 Å². The molecule has 1 fully saturated rings. The number of fused-ring (bicyclic) bond motifs is 1. The molecule has 1 atom stereocenters. The van der Waals surface area contributed by atoms with Crippen molar-refractivity contribution in [2.75, 3.05) is 20.2 Å². The minimum atomic E-state index is -0.135. The highest BCUT2D eigenvalue weighted by atomic mass is 16.5. The van der Waals surface area contributed by atoms with Crippen molar-refractivity contribution >= 4 is 5.91 Å². The lowest BCUT2D eigenvalue weighted by atomic mass is 9.91. The fourth-order valence-electron chi connectivity index (χ4n) is 3.89. The predicted molar refractivity (Wildman–Crippen MR) is 93.4 cm³/mol. The lowest BCUT2D eigenvalue weighted by Gasteiger charge is -2.29. The molecule has 1 N–H and O–H groups in total. The minimum absolute atomic E-state index is 0.0581. The van der Waals surface area contributed by atoms with Gasteiger partial charge in [-0.3, -0.25) is 9.69 Å². The third-order valence-electron chi connectivity index (χ3n) is 5.22. The lowest BCUT2D eigenvalue weighted by Crippen LogP contribution is -2.49. The number of benzene rings is 1. The summed E-state index contributed by atoms with van der Waals surface area (Å²) in [5, 5.41) is 3.31. The van der Waals surface area contributed by atoms with Crippen LogP contribution in [0.5, 0.6) is 6.01 Å². The SMILES string of the molecule is COc1ncc(CN2CCC3(CCc4ccccc4C(=O)N3)C2)cn1. The number of rotatable bonds is 3. The van der Waals surface area contributed by atoms with Gasteiger partial charge < -0.3 is 10.1 Å². The van der Waals surface area contributed by atoms with Gasteiger partial charge in [0.25, 0.3) is 5.91 Å². The monoisotopic (exact) mass is 338 g/mol. The van der Waals surface area contributed by atoms with Crippen LogP contribution in [0, 0.1) is 0 Å². The van der Waals surface area contributed by atoms with Gasteiger partial charge in [-0.2, -0.15) is 0 Å². The molecular weight excluding hydrogens is 316 g/mol. The number of aromatic nitrogens is 2. The van der Waals surface area contributed by atoms with Crippen molar-refractivity contribution in [3.63, 3.8) is 0 Å². The highest BCUT2D eigenvalue weighted by Gasteiger charge is 2.41. The van der Waals surface area contributed by atoms with Crippen LogP contribution in [-0.2, 0) is 13.0 Å². The Hall–Kier alpha value is -2.47. The Bertz CT molecular complexity index is 777. The van der Waals surface area contributed by atoms with Crippen molar-refractivity contribution < 1.29 is 9.53 Å². The van der Waals surface area contributed by atoms with E-state index in [2.05, 4.69) is 26.3 Å². The molecule has 1 aromatic carbocycles. The van der Waals surface area contributed by atoms with Gasteiger partial charge in [0.15, 0.2) is 0 Å². The number of methoxy groups -OCH3 is 1. The van der Waals surface area contributed by atoms with Crippen LogP contribution >= 0.6 is 0 Å². The predicted octanol–water partition coefficient (Wildman–Crippen LogP) is 1.81. The summed E-state index contributed by atoms with van der Waals surface area (Å²) in [7, 11) is 1.56. The van der Waals surface area contributed by atoms with Crippen molar-refractivity contribution in [2.45, 2.75) is 31.3 Å². The zero-order chi connectivity index (χ0) is 17.3. The highest BCUT2D eigenvalue weighted by molar-refractivity contribution is 5.96. The maximum absolute atomic E-state index is 12.6. The number of amides is 1. The molecule has 2 aliphatic rings. The zero-order valence-electron chi connectivity index (χ0n) is 14.4. The molecule has 3 heterocycles. The normalized spacial score (nSPS) is 23.2. The number of nitrogens with one attached hydrogen (secondary N) is 1. The van der Waals surface area contributed by atoms with Crippen molar-refractivity contribution in [1.29, 1.82) is 0 Å². The van der Waals surface area contributed by atoms with Crippen LogP contribution in [0.15, 0.2) is 36.7 Å². The number of carbonyl (C=O) groups is 1. The lowest BCUT2D eigenvalue weighted by molar-refractivity contribution is 0.0902. The third-order valence-corrected chi connectivity index (χ3v) is 5.22. The van der Waals surface area contributed by atoms with Crippen LogP contribution in [0.4, 0.5) is 0 Å². The molecule has 0 radical (unpaired) electrons. The summed E-state index contributed by atoms with van der Waals surface area (Å²) < 4.78 is 5.00. The molecule has 6 nitrogen and oxygen atoms in total. The van der Waals surface area contributed by atoms with Crippen LogP contribution in [0.3, 0.4) is 0 Å². The minimum Gasteiger partial charge on any atom is -0.467 e. The average Bonchev–Trinajstić information content (AvgIpc) is 2.97. The molecule has 0 saturated carbocycles. The Morgan fingerprint density at radius 1 is 1.24 bits per heavy atom. The topological polar surface area (TPSA) is 67.3 Å². The first-order valence-electron chi connectivity index (χ1n) is 8.65. The van der Waals surface area contributed by atoms with Gasteiger partial charge in [-0.1, -0.05) is 18.2 Å². The summed E-state index contributed by atoms with van der Waals surface area (Å²) >= 11 is 0. The molecular formula is C19H22N4O2. The van der Waals surface area contributed by atoms with Crippen LogP contribution in [0.25, 0.3) is 0 Å². The fourth-order valence-corrected chi connectivity index (χ4v) is 3.89. The van der Waals surface area contributed by atoms with Crippen LogP contribution < -0.4 is 10.1 Å². The number of hydrogen-bond acceptors (Lipinski definition) is 5. The van der Waals surface area contributed by atoms with Gasteiger partial charge in [-0.15, -0.1) is 0 Å². The number of ether oxygens (including phenoxy) is 1. The number of nitrogens with zero attached hydrogens (tertiary/aromatic N) is 3. The van der Waals surface area contributed by atoms with E-state index in [0.717, 1.165) is 55.6 Å². The standard InChI is InChI=1S/C19H22N4O2/c1-25-18-20-10-14(11-21-18)12-23-9-8-19(13-23)7-6-15-4-2-3-5-16(15)17(24)22-19/h2-5,10-11H,6-9,12-13H2,1H3,(H,22,24). The first-order chi connectivity index (χ1) is 12.2. The Morgan fingerprint density at radius 2 is 2.04 bits per heavy atom. The number of likely N-dealkylation sites (tertiary alicyclic amines) is 1. The van der Waals surface area contributed by atoms with E-state index in [1.807, 2.05) is 18.2 Å². The fraction of sp³-hybridized carbons (Fsp3) is 0.421. The molecule has 6 heteroatoms. The zero-order valence-corrected chi connectivity index (χ0v) is 14.4. The van der Waals surface area contributed by atoms with Crippen molar-refractivity contribution in [3.8, 4) is 6.01 Å². The quantitative estimate of drug-likeness (QED) is 0.924. The third kappa shape index (κ3) is 3.22. The Labute approximate surface area is 147 Å². The van der Waals surface area contributed by atoms with Gasteiger partial charge in [-0.25, -0.2) is 9.97 Å². The second-order valence-corrected chi connectivity index (χ2v) is 6.93. The Morgan fingerprint density at radius 3 is 2.84 bits per heavy atom. The smallest absolute Gasteiger partial charge is 0.316 e. The largest absolute Gasteiger partial charge is 0.467 e. The van der Waals surface area contributed by atoms with Crippen LogP contribution in [0.1, 0.15) is 34.3 Å². The molecule has 2 aliphatic heterocycles. The van der Waals surface area contributed by atoms with E-state index in [1.165, 1.54) is 0 Å². The summed E-state index contributed by atoms with van der Waals surface area (Å²) in [6.07, 6.45) is 6.50. The number of carbonyl (C=O) groups excluding carboxylic acids is 1. The highest BCUT2D eigenvalue weighted by Crippen LogP contribution is 2.31. The van der Waals surface area contributed by atoms with Gasteiger partial charge in [0.05, 0.1) is 12.6 Å². The van der Waals surface area contributed by atoms with Gasteiger partial charge in [-0.05, 0) is 30.9 Å². The van der Waals surface area contributed by atoms with Gasteiger partial charge in [0.1, 0.15) is 0 Å². The maximum Gasteiger partial charge on any atom is 0.316 e. The van der Waals surface area contributed by atoms with E-state index < -0.39 is 0 Å². The summed E-state index contributed by atoms with van der Waals surface area (Å²) in [6, 6.07) is 8.31. The van der Waals surface area contributed by atoms with Crippen LogP contribution in [-0.4, -0.2) is 46.5 Å². The molecule has 0 aliphatic carbocycles. The molecule has 25 heavy (non-hydrogen) atoms. The molecule has 1 spiro atoms. The summed E-state index contributed by atoms with van der Waals surface area (Å²) in [4.78, 5) is 23.3. The van der Waals surface area contributed by atoms with Gasteiger partial charge >= 0.3 is 6.01 Å². The molecule has 1 unspecified atom stereocenters. The van der Waals surface area contributed by atoms with Gasteiger partial charge in [0, 0.05) is 43.2 Å². The average molecular weight is 338 g/mol. The Balaban J connectivity index is 1.45. The van der Waals surface area contributed by atoms with Gasteiger partial charge in [0.2, 0.25) is 0 Å². The summed E-state index contributed by atoms with van der Waals surface area (Å²) in [6.45, 7) is 2.61. The van der Waals surface area contributed by atoms with E-state index in [1.54, 1.807) is 19.5 Å². The molecule has 1 aromatic heterocycles. The van der Waals surface area contributed by atoms with E-state index in [-0.39, 0.29) is 11.4 Å². The second kappa shape index (κ2) is 6.44. The molecule has 1 amide bonds.